The Kier molecular flexibility index (Phi) is 3.48. The first-order valence-electron chi connectivity index (χ1n) is 4.64. The molecule has 0 fully saturated rings. The molecule has 0 radical (unpaired) electrons. The van der Waals surface area contributed by atoms with Crippen molar-refractivity contribution < 1.29 is 4.79 Å². The first kappa shape index (κ1) is 9.46. The lowest BCUT2D eigenvalue weighted by atomic mass is 10.0. The van der Waals surface area contributed by atoms with Gasteiger partial charge in [-0.3, -0.25) is 4.79 Å². The molecule has 0 unspecified atom stereocenters. The first-order valence-corrected chi connectivity index (χ1v) is 4.64. The Morgan fingerprint density at radius 3 is 3.00 bits per heavy atom. The quantitative estimate of drug-likeness (QED) is 0.636. The third-order valence-corrected chi connectivity index (χ3v) is 2.18. The maximum absolute atomic E-state index is 11.4. The summed E-state index contributed by atoms with van der Waals surface area (Å²) in [6, 6.07) is 0. The number of likely N-dealkylation sites (N-methyl/N-ethyl adjacent to an activating group) is 1. The van der Waals surface area contributed by atoms with Gasteiger partial charge in [0.05, 0.1) is 0 Å². The molecule has 2 heteroatoms. The average molecular weight is 167 g/mol. The summed E-state index contributed by atoms with van der Waals surface area (Å²) < 4.78 is 0. The topological polar surface area (TPSA) is 20.3 Å². The Hall–Kier alpha value is -0.630. The zero-order valence-electron chi connectivity index (χ0n) is 7.97. The molecule has 0 aliphatic carbocycles. The molecule has 1 aliphatic heterocycles. The first-order chi connectivity index (χ1) is 5.74. The monoisotopic (exact) mass is 167 g/mol. The van der Waals surface area contributed by atoms with Crippen molar-refractivity contribution in [2.24, 2.45) is 0 Å². The van der Waals surface area contributed by atoms with Gasteiger partial charge in [0, 0.05) is 25.1 Å². The molecule has 1 aliphatic rings. The maximum Gasteiger partial charge on any atom is 0.159 e. The second-order valence-electron chi connectivity index (χ2n) is 3.43. The summed E-state index contributed by atoms with van der Waals surface area (Å²) in [4.78, 5) is 13.6. The van der Waals surface area contributed by atoms with Crippen molar-refractivity contribution >= 4 is 5.78 Å². The van der Waals surface area contributed by atoms with E-state index in [4.69, 9.17) is 0 Å². The fourth-order valence-corrected chi connectivity index (χ4v) is 1.48. The van der Waals surface area contributed by atoms with Gasteiger partial charge in [-0.25, -0.2) is 0 Å². The molecule has 12 heavy (non-hydrogen) atoms. The van der Waals surface area contributed by atoms with Crippen molar-refractivity contribution in [2.45, 2.75) is 26.2 Å². The third-order valence-electron chi connectivity index (χ3n) is 2.18. The lowest BCUT2D eigenvalue weighted by Crippen LogP contribution is -2.28. The van der Waals surface area contributed by atoms with E-state index in [0.717, 1.165) is 31.5 Å². The van der Waals surface area contributed by atoms with Gasteiger partial charge in [-0.1, -0.05) is 13.0 Å². The Morgan fingerprint density at radius 1 is 1.67 bits per heavy atom. The van der Waals surface area contributed by atoms with Gasteiger partial charge in [0.15, 0.2) is 5.78 Å². The van der Waals surface area contributed by atoms with E-state index < -0.39 is 0 Å². The van der Waals surface area contributed by atoms with Crippen molar-refractivity contribution in [1.82, 2.24) is 4.90 Å². The molecule has 1 heterocycles. The number of nitrogens with zero attached hydrogens (tertiary/aromatic N) is 1. The Labute approximate surface area is 74.2 Å². The van der Waals surface area contributed by atoms with Gasteiger partial charge in [-0.2, -0.15) is 0 Å². The molecular formula is C10H17NO. The SMILES string of the molecule is CCCC(=O)C1=CCCN(C)C1. The van der Waals surface area contributed by atoms with Gasteiger partial charge in [-0.15, -0.1) is 0 Å². The van der Waals surface area contributed by atoms with Crippen LogP contribution in [0, 0.1) is 0 Å². The Morgan fingerprint density at radius 2 is 2.42 bits per heavy atom. The number of carbonyl (C=O) groups excluding carboxylic acids is 1. The number of Topliss-reactive ketones (excluding diaryl/α,β-unsaturated/α-hetero) is 1. The van der Waals surface area contributed by atoms with Crippen molar-refractivity contribution in [3.63, 3.8) is 0 Å². The second kappa shape index (κ2) is 4.41. The zero-order chi connectivity index (χ0) is 8.97. The standard InChI is InChI=1S/C10H17NO/c1-3-5-10(12)9-6-4-7-11(2)8-9/h6H,3-5,7-8H2,1-2H3. The average Bonchev–Trinajstić information content (AvgIpc) is 2.05. The van der Waals surface area contributed by atoms with Crippen LogP contribution in [0.1, 0.15) is 26.2 Å². The Bertz CT molecular complexity index is 196. The molecule has 0 saturated heterocycles. The summed E-state index contributed by atoms with van der Waals surface area (Å²) in [5.74, 6) is 0.337. The largest absolute Gasteiger partial charge is 0.302 e. The van der Waals surface area contributed by atoms with Crippen LogP contribution in [0.4, 0.5) is 0 Å². The van der Waals surface area contributed by atoms with Crippen molar-refractivity contribution in [1.29, 1.82) is 0 Å². The molecule has 0 bridgehead atoms. The molecule has 0 spiro atoms. The third kappa shape index (κ3) is 2.45. The van der Waals surface area contributed by atoms with Gasteiger partial charge < -0.3 is 4.90 Å². The molecule has 2 nitrogen and oxygen atoms in total. The van der Waals surface area contributed by atoms with Crippen LogP contribution in [0.5, 0.6) is 0 Å². The highest BCUT2D eigenvalue weighted by Crippen LogP contribution is 2.10. The predicted molar refractivity (Wildman–Crippen MR) is 50.1 cm³/mol. The number of hydrogen-bond acceptors (Lipinski definition) is 2. The minimum Gasteiger partial charge on any atom is -0.302 e. The minimum atomic E-state index is 0.337. The maximum atomic E-state index is 11.4. The van der Waals surface area contributed by atoms with Crippen LogP contribution in [0.2, 0.25) is 0 Å². The fourth-order valence-electron chi connectivity index (χ4n) is 1.48. The molecule has 0 aromatic heterocycles. The van der Waals surface area contributed by atoms with E-state index in [0.29, 0.717) is 12.2 Å². The van der Waals surface area contributed by atoms with Crippen LogP contribution in [0.3, 0.4) is 0 Å². The normalized spacial score (nSPS) is 19.0. The van der Waals surface area contributed by atoms with Gasteiger partial charge in [0.1, 0.15) is 0 Å². The predicted octanol–water partition coefficient (Wildman–Crippen LogP) is 1.62. The molecule has 0 aromatic carbocycles. The van der Waals surface area contributed by atoms with Gasteiger partial charge in [0.2, 0.25) is 0 Å². The summed E-state index contributed by atoms with van der Waals surface area (Å²) in [5, 5.41) is 0. The van der Waals surface area contributed by atoms with Crippen LogP contribution in [-0.2, 0) is 4.79 Å². The van der Waals surface area contributed by atoms with Crippen molar-refractivity contribution in [3.05, 3.63) is 11.6 Å². The van der Waals surface area contributed by atoms with Gasteiger partial charge >= 0.3 is 0 Å². The molecule has 0 amide bonds. The van der Waals surface area contributed by atoms with E-state index in [-0.39, 0.29) is 0 Å². The van der Waals surface area contributed by atoms with Crippen LogP contribution in [-0.4, -0.2) is 30.8 Å². The molecule has 0 atom stereocenters. The van der Waals surface area contributed by atoms with E-state index in [1.807, 2.05) is 6.92 Å². The smallest absolute Gasteiger partial charge is 0.159 e. The van der Waals surface area contributed by atoms with Crippen molar-refractivity contribution in [2.75, 3.05) is 20.1 Å². The number of rotatable bonds is 3. The van der Waals surface area contributed by atoms with Crippen molar-refractivity contribution in [3.8, 4) is 0 Å². The van der Waals surface area contributed by atoms with E-state index in [9.17, 15) is 4.79 Å². The number of hydrogen-bond donors (Lipinski definition) is 0. The molecule has 0 N–H and O–H groups in total. The van der Waals surface area contributed by atoms with E-state index in [2.05, 4.69) is 18.0 Å². The molecule has 0 aromatic rings. The molecule has 0 saturated carbocycles. The van der Waals surface area contributed by atoms with Gasteiger partial charge in [-0.05, 0) is 19.9 Å². The highest BCUT2D eigenvalue weighted by molar-refractivity contribution is 5.95. The lowest BCUT2D eigenvalue weighted by molar-refractivity contribution is -0.115. The van der Waals surface area contributed by atoms with Crippen LogP contribution < -0.4 is 0 Å². The lowest BCUT2D eigenvalue weighted by Gasteiger charge is -2.21. The van der Waals surface area contributed by atoms with Gasteiger partial charge in [0.25, 0.3) is 0 Å². The number of ketones is 1. The summed E-state index contributed by atoms with van der Waals surface area (Å²) in [7, 11) is 2.06. The second-order valence-corrected chi connectivity index (χ2v) is 3.43. The fraction of sp³-hybridized carbons (Fsp3) is 0.700. The summed E-state index contributed by atoms with van der Waals surface area (Å²) >= 11 is 0. The van der Waals surface area contributed by atoms with Crippen LogP contribution >= 0.6 is 0 Å². The summed E-state index contributed by atoms with van der Waals surface area (Å²) in [6.07, 6.45) is 4.79. The molecule has 1 rings (SSSR count). The van der Waals surface area contributed by atoms with Crippen LogP contribution in [0.25, 0.3) is 0 Å². The van der Waals surface area contributed by atoms with E-state index in [1.165, 1.54) is 0 Å². The highest BCUT2D eigenvalue weighted by Gasteiger charge is 2.13. The van der Waals surface area contributed by atoms with Crippen LogP contribution in [0.15, 0.2) is 11.6 Å². The Balaban J connectivity index is 2.50. The molecule has 68 valence electrons. The number of carbonyl (C=O) groups is 1. The molecular weight excluding hydrogens is 150 g/mol. The highest BCUT2D eigenvalue weighted by atomic mass is 16.1. The van der Waals surface area contributed by atoms with E-state index in [1.54, 1.807) is 0 Å². The summed E-state index contributed by atoms with van der Waals surface area (Å²) in [6.45, 7) is 3.98. The van der Waals surface area contributed by atoms with E-state index >= 15 is 0 Å². The minimum absolute atomic E-state index is 0.337. The zero-order valence-corrected chi connectivity index (χ0v) is 7.97. The summed E-state index contributed by atoms with van der Waals surface area (Å²) in [5.41, 5.74) is 1.02.